The third kappa shape index (κ3) is 2.41. The van der Waals surface area contributed by atoms with E-state index in [1.165, 1.54) is 0 Å². The number of anilines is 1. The molecule has 0 radical (unpaired) electrons. The second-order valence-electron chi connectivity index (χ2n) is 5.08. The van der Waals surface area contributed by atoms with Gasteiger partial charge in [-0.25, -0.2) is 4.98 Å². The molecule has 1 aliphatic rings. The zero-order chi connectivity index (χ0) is 13.2. The van der Waals surface area contributed by atoms with E-state index in [1.54, 1.807) is 6.20 Å². The van der Waals surface area contributed by atoms with Crippen molar-refractivity contribution in [1.29, 1.82) is 0 Å². The van der Waals surface area contributed by atoms with E-state index in [0.29, 0.717) is 12.1 Å². The largest absolute Gasteiger partial charge is 0.379 e. The summed E-state index contributed by atoms with van der Waals surface area (Å²) in [6, 6.07) is 4.47. The lowest BCUT2D eigenvalue weighted by Gasteiger charge is -2.53. The average Bonchev–Trinajstić information content (AvgIpc) is 2.38. The lowest BCUT2D eigenvalue weighted by molar-refractivity contribution is -0.109. The van der Waals surface area contributed by atoms with Gasteiger partial charge in [0, 0.05) is 24.3 Å². The minimum absolute atomic E-state index is 0.214. The maximum atomic E-state index is 5.82. The van der Waals surface area contributed by atoms with Gasteiger partial charge >= 0.3 is 0 Å². The summed E-state index contributed by atoms with van der Waals surface area (Å²) >= 11 is 3.48. The number of pyridine rings is 1. The molecule has 3 unspecified atom stereocenters. The van der Waals surface area contributed by atoms with E-state index in [1.807, 2.05) is 6.07 Å². The van der Waals surface area contributed by atoms with Gasteiger partial charge in [-0.2, -0.15) is 0 Å². The van der Waals surface area contributed by atoms with Crippen molar-refractivity contribution in [3.63, 3.8) is 0 Å². The van der Waals surface area contributed by atoms with Crippen LogP contribution in [0.3, 0.4) is 0 Å². The molecule has 1 aliphatic carbocycles. The minimum Gasteiger partial charge on any atom is -0.379 e. The molecule has 0 aromatic carbocycles. The summed E-state index contributed by atoms with van der Waals surface area (Å²) in [4.78, 5) is 4.24. The zero-order valence-corrected chi connectivity index (χ0v) is 12.8. The molecule has 18 heavy (non-hydrogen) atoms. The molecule has 1 fully saturated rings. The van der Waals surface area contributed by atoms with Gasteiger partial charge in [-0.3, -0.25) is 0 Å². The predicted octanol–water partition coefficient (Wildman–Crippen LogP) is 3.85. The summed E-state index contributed by atoms with van der Waals surface area (Å²) < 4.78 is 6.69. The van der Waals surface area contributed by atoms with Crippen molar-refractivity contribution in [3.05, 3.63) is 22.9 Å². The van der Waals surface area contributed by atoms with Crippen LogP contribution in [0.25, 0.3) is 0 Å². The standard InChI is InChI=1S/C14H21BrN2O/c1-4-14(3)11(9-12(14)18-5-2)17-10-7-6-8-16-13(10)15/h6-8,11-12,17H,4-5,9H2,1-3H3. The van der Waals surface area contributed by atoms with Gasteiger partial charge in [-0.15, -0.1) is 0 Å². The molecule has 3 nitrogen and oxygen atoms in total. The monoisotopic (exact) mass is 312 g/mol. The second-order valence-corrected chi connectivity index (χ2v) is 5.83. The lowest BCUT2D eigenvalue weighted by atomic mass is 9.61. The van der Waals surface area contributed by atoms with Crippen LogP contribution in [0.1, 0.15) is 33.6 Å². The molecule has 1 saturated carbocycles. The highest BCUT2D eigenvalue weighted by Crippen LogP contribution is 2.47. The Morgan fingerprint density at radius 2 is 2.33 bits per heavy atom. The van der Waals surface area contributed by atoms with Crippen molar-refractivity contribution in [2.24, 2.45) is 5.41 Å². The van der Waals surface area contributed by atoms with E-state index in [0.717, 1.165) is 29.7 Å². The van der Waals surface area contributed by atoms with Crippen LogP contribution in [-0.4, -0.2) is 23.7 Å². The molecule has 4 heteroatoms. The van der Waals surface area contributed by atoms with E-state index in [4.69, 9.17) is 4.74 Å². The zero-order valence-electron chi connectivity index (χ0n) is 11.2. The molecule has 1 N–H and O–H groups in total. The summed E-state index contributed by atoms with van der Waals surface area (Å²) in [6.07, 6.45) is 4.35. The highest BCUT2D eigenvalue weighted by Gasteiger charge is 2.51. The Morgan fingerprint density at radius 1 is 1.56 bits per heavy atom. The third-order valence-electron chi connectivity index (χ3n) is 4.20. The van der Waals surface area contributed by atoms with Gasteiger partial charge in [0.1, 0.15) is 4.60 Å². The molecule has 3 atom stereocenters. The van der Waals surface area contributed by atoms with Crippen molar-refractivity contribution in [2.75, 3.05) is 11.9 Å². The summed E-state index contributed by atoms with van der Waals surface area (Å²) in [6.45, 7) is 7.40. The Bertz CT molecular complexity index is 413. The number of rotatable bonds is 5. The molecular weight excluding hydrogens is 292 g/mol. The smallest absolute Gasteiger partial charge is 0.129 e. The molecule has 2 rings (SSSR count). The third-order valence-corrected chi connectivity index (χ3v) is 4.83. The Kier molecular flexibility index (Phi) is 4.28. The van der Waals surface area contributed by atoms with Gasteiger partial charge in [0.15, 0.2) is 0 Å². The van der Waals surface area contributed by atoms with Gasteiger partial charge in [0.2, 0.25) is 0 Å². The number of ether oxygens (including phenoxy) is 1. The van der Waals surface area contributed by atoms with Crippen molar-refractivity contribution in [1.82, 2.24) is 4.98 Å². The maximum absolute atomic E-state index is 5.82. The number of nitrogens with one attached hydrogen (secondary N) is 1. The number of nitrogens with zero attached hydrogens (tertiary/aromatic N) is 1. The van der Waals surface area contributed by atoms with Crippen LogP contribution >= 0.6 is 15.9 Å². The molecule has 0 spiro atoms. The van der Waals surface area contributed by atoms with Crippen LogP contribution in [0, 0.1) is 5.41 Å². The fraction of sp³-hybridized carbons (Fsp3) is 0.643. The Labute approximate surface area is 117 Å². The van der Waals surface area contributed by atoms with Gasteiger partial charge in [0.05, 0.1) is 11.8 Å². The molecule has 0 amide bonds. The highest BCUT2D eigenvalue weighted by molar-refractivity contribution is 9.10. The highest BCUT2D eigenvalue weighted by atomic mass is 79.9. The molecule has 1 aromatic heterocycles. The fourth-order valence-electron chi connectivity index (χ4n) is 2.66. The van der Waals surface area contributed by atoms with E-state index in [2.05, 4.69) is 53.1 Å². The average molecular weight is 313 g/mol. The number of halogens is 1. The van der Waals surface area contributed by atoms with Gasteiger partial charge in [0.25, 0.3) is 0 Å². The van der Waals surface area contributed by atoms with Gasteiger partial charge < -0.3 is 10.1 Å². The number of hydrogen-bond acceptors (Lipinski definition) is 3. The van der Waals surface area contributed by atoms with Gasteiger partial charge in [-0.05, 0) is 47.8 Å². The van der Waals surface area contributed by atoms with Crippen LogP contribution < -0.4 is 5.32 Å². The van der Waals surface area contributed by atoms with E-state index in [-0.39, 0.29) is 5.41 Å². The quantitative estimate of drug-likeness (QED) is 0.839. The number of aromatic nitrogens is 1. The minimum atomic E-state index is 0.214. The van der Waals surface area contributed by atoms with Crippen molar-refractivity contribution in [3.8, 4) is 0 Å². The predicted molar refractivity (Wildman–Crippen MR) is 77.8 cm³/mol. The second kappa shape index (κ2) is 5.57. The topological polar surface area (TPSA) is 34.1 Å². The number of hydrogen-bond donors (Lipinski definition) is 1. The molecule has 100 valence electrons. The van der Waals surface area contributed by atoms with Crippen molar-refractivity contribution in [2.45, 2.75) is 45.8 Å². The molecule has 1 aromatic rings. The molecular formula is C14H21BrN2O. The maximum Gasteiger partial charge on any atom is 0.129 e. The summed E-state index contributed by atoms with van der Waals surface area (Å²) in [7, 11) is 0. The summed E-state index contributed by atoms with van der Waals surface area (Å²) in [5.41, 5.74) is 1.28. The van der Waals surface area contributed by atoms with E-state index in [9.17, 15) is 0 Å². The van der Waals surface area contributed by atoms with Crippen molar-refractivity contribution >= 4 is 21.6 Å². The van der Waals surface area contributed by atoms with Crippen LogP contribution in [-0.2, 0) is 4.74 Å². The van der Waals surface area contributed by atoms with Gasteiger partial charge in [-0.1, -0.05) is 13.8 Å². The molecule has 0 aliphatic heterocycles. The van der Waals surface area contributed by atoms with Crippen LogP contribution in [0.4, 0.5) is 5.69 Å². The Balaban J connectivity index is 2.06. The van der Waals surface area contributed by atoms with Crippen LogP contribution in [0.5, 0.6) is 0 Å². The Morgan fingerprint density at radius 3 is 2.94 bits per heavy atom. The fourth-order valence-corrected chi connectivity index (χ4v) is 3.02. The molecule has 0 bridgehead atoms. The van der Waals surface area contributed by atoms with E-state index < -0.39 is 0 Å². The first-order valence-electron chi connectivity index (χ1n) is 6.60. The molecule has 1 heterocycles. The first-order chi connectivity index (χ1) is 8.61. The molecule has 0 saturated heterocycles. The van der Waals surface area contributed by atoms with Crippen molar-refractivity contribution < 1.29 is 4.74 Å². The first-order valence-corrected chi connectivity index (χ1v) is 7.39. The van der Waals surface area contributed by atoms with Crippen LogP contribution in [0.15, 0.2) is 22.9 Å². The first kappa shape index (κ1) is 13.8. The Hall–Kier alpha value is -0.610. The SMILES string of the molecule is CCOC1CC(Nc2cccnc2Br)C1(C)CC. The summed E-state index contributed by atoms with van der Waals surface area (Å²) in [5.74, 6) is 0. The lowest BCUT2D eigenvalue weighted by Crippen LogP contribution is -2.59. The van der Waals surface area contributed by atoms with Crippen LogP contribution in [0.2, 0.25) is 0 Å². The normalized spacial score (nSPS) is 30.9. The van der Waals surface area contributed by atoms with E-state index >= 15 is 0 Å². The summed E-state index contributed by atoms with van der Waals surface area (Å²) in [5, 5.41) is 3.59.